The highest BCUT2D eigenvalue weighted by Crippen LogP contribution is 2.34. The largest absolute Gasteiger partial charge is 0.381 e. The first-order valence-corrected chi connectivity index (χ1v) is 8.56. The Hall–Kier alpha value is -0.930. The van der Waals surface area contributed by atoms with Crippen LogP contribution in [0.2, 0.25) is 0 Å². The molecule has 1 aliphatic rings. The fraction of sp³-hybridized carbons (Fsp3) is 0.611. The molecule has 25 heavy (non-hydrogen) atoms. The van der Waals surface area contributed by atoms with Crippen LogP contribution in [0.15, 0.2) is 29.3 Å². The number of hydrogen-bond acceptors (Lipinski definition) is 3. The molecule has 0 bridgehead atoms. The normalized spacial score (nSPS) is 16.8. The molecule has 142 valence electrons. The third-order valence-corrected chi connectivity index (χ3v) is 4.47. The number of guanidine groups is 1. The molecule has 0 unspecified atom stereocenters. The Bertz CT molecular complexity index is 520. The predicted octanol–water partition coefficient (Wildman–Crippen LogP) is 2.69. The molecule has 1 aliphatic heterocycles. The van der Waals surface area contributed by atoms with E-state index in [-0.39, 0.29) is 35.2 Å². The summed E-state index contributed by atoms with van der Waals surface area (Å²) in [7, 11) is 1.75. The summed E-state index contributed by atoms with van der Waals surface area (Å²) in [5.74, 6) is 0.546. The van der Waals surface area contributed by atoms with Gasteiger partial charge in [-0.15, -0.1) is 24.0 Å². The van der Waals surface area contributed by atoms with Gasteiger partial charge in [0.15, 0.2) is 5.96 Å². The van der Waals surface area contributed by atoms with Crippen molar-refractivity contribution in [1.29, 1.82) is 0 Å². The highest BCUT2D eigenvalue weighted by molar-refractivity contribution is 14.0. The lowest BCUT2D eigenvalue weighted by Gasteiger charge is -2.38. The number of halogens is 2. The van der Waals surface area contributed by atoms with Gasteiger partial charge in [0.25, 0.3) is 0 Å². The van der Waals surface area contributed by atoms with Crippen molar-refractivity contribution in [1.82, 2.24) is 10.6 Å². The molecular formula is C18H29FIN3O2. The minimum Gasteiger partial charge on any atom is -0.381 e. The van der Waals surface area contributed by atoms with Gasteiger partial charge in [-0.25, -0.2) is 4.39 Å². The molecule has 0 amide bonds. The van der Waals surface area contributed by atoms with Gasteiger partial charge in [0.2, 0.25) is 0 Å². The molecule has 0 saturated carbocycles. The average molecular weight is 465 g/mol. The Balaban J connectivity index is 0.00000312. The van der Waals surface area contributed by atoms with Gasteiger partial charge in [-0.05, 0) is 37.5 Å². The Morgan fingerprint density at radius 1 is 1.24 bits per heavy atom. The van der Waals surface area contributed by atoms with E-state index in [2.05, 4.69) is 15.6 Å². The zero-order chi connectivity index (χ0) is 17.3. The Morgan fingerprint density at radius 2 is 1.92 bits per heavy atom. The molecule has 1 heterocycles. The maximum Gasteiger partial charge on any atom is 0.191 e. The molecular weight excluding hydrogens is 436 g/mol. The van der Waals surface area contributed by atoms with Crippen LogP contribution in [0.3, 0.4) is 0 Å². The van der Waals surface area contributed by atoms with E-state index in [1.54, 1.807) is 7.05 Å². The summed E-state index contributed by atoms with van der Waals surface area (Å²) in [5.41, 5.74) is 1.08. The second kappa shape index (κ2) is 11.6. The summed E-state index contributed by atoms with van der Waals surface area (Å²) in [6.45, 7) is 6.21. The minimum atomic E-state index is -0.206. The maximum absolute atomic E-state index is 13.3. The zero-order valence-corrected chi connectivity index (χ0v) is 17.3. The van der Waals surface area contributed by atoms with E-state index in [4.69, 9.17) is 9.47 Å². The maximum atomic E-state index is 13.3. The number of nitrogens with one attached hydrogen (secondary N) is 2. The second-order valence-corrected chi connectivity index (χ2v) is 5.95. The monoisotopic (exact) mass is 465 g/mol. The summed E-state index contributed by atoms with van der Waals surface area (Å²) in [4.78, 5) is 4.26. The van der Waals surface area contributed by atoms with Crippen molar-refractivity contribution in [3.8, 4) is 0 Å². The SMILES string of the molecule is CCOCCNC(=NC)NCC1(c2ccc(F)cc2)CCOCC1.I. The number of rotatable bonds is 7. The van der Waals surface area contributed by atoms with Crippen LogP contribution >= 0.6 is 24.0 Å². The van der Waals surface area contributed by atoms with E-state index in [1.165, 1.54) is 12.1 Å². The summed E-state index contributed by atoms with van der Waals surface area (Å²) in [5, 5.41) is 6.65. The van der Waals surface area contributed by atoms with Crippen molar-refractivity contribution in [3.05, 3.63) is 35.6 Å². The Labute approximate surface area is 166 Å². The third kappa shape index (κ3) is 6.71. The van der Waals surface area contributed by atoms with E-state index in [1.807, 2.05) is 19.1 Å². The first-order chi connectivity index (χ1) is 11.7. The first kappa shape index (κ1) is 22.1. The number of aliphatic imine (C=N–C) groups is 1. The van der Waals surface area contributed by atoms with E-state index in [0.29, 0.717) is 19.8 Å². The number of benzene rings is 1. The highest BCUT2D eigenvalue weighted by Gasteiger charge is 2.34. The first-order valence-electron chi connectivity index (χ1n) is 8.56. The second-order valence-electron chi connectivity index (χ2n) is 5.95. The third-order valence-electron chi connectivity index (χ3n) is 4.47. The quantitative estimate of drug-likeness (QED) is 0.282. The van der Waals surface area contributed by atoms with E-state index in [9.17, 15) is 4.39 Å². The molecule has 1 aromatic rings. The molecule has 0 aromatic heterocycles. The van der Waals surface area contributed by atoms with Crippen molar-refractivity contribution in [3.63, 3.8) is 0 Å². The molecule has 2 N–H and O–H groups in total. The number of hydrogen-bond donors (Lipinski definition) is 2. The lowest BCUT2D eigenvalue weighted by molar-refractivity contribution is 0.0513. The van der Waals surface area contributed by atoms with Crippen LogP contribution in [0, 0.1) is 5.82 Å². The van der Waals surface area contributed by atoms with Crippen LogP contribution in [-0.4, -0.2) is 52.5 Å². The van der Waals surface area contributed by atoms with Crippen molar-refractivity contribution in [2.24, 2.45) is 4.99 Å². The highest BCUT2D eigenvalue weighted by atomic mass is 127. The molecule has 1 saturated heterocycles. The lowest BCUT2D eigenvalue weighted by atomic mass is 9.74. The molecule has 1 aromatic carbocycles. The van der Waals surface area contributed by atoms with Crippen molar-refractivity contribution >= 4 is 29.9 Å². The lowest BCUT2D eigenvalue weighted by Crippen LogP contribution is -2.48. The fourth-order valence-corrected chi connectivity index (χ4v) is 2.99. The van der Waals surface area contributed by atoms with Crippen LogP contribution in [-0.2, 0) is 14.9 Å². The van der Waals surface area contributed by atoms with E-state index < -0.39 is 0 Å². The smallest absolute Gasteiger partial charge is 0.191 e. The van der Waals surface area contributed by atoms with Gasteiger partial charge in [0, 0.05) is 45.4 Å². The van der Waals surface area contributed by atoms with Crippen LogP contribution in [0.25, 0.3) is 0 Å². The van der Waals surface area contributed by atoms with Gasteiger partial charge in [-0.1, -0.05) is 12.1 Å². The molecule has 5 nitrogen and oxygen atoms in total. The molecule has 2 rings (SSSR count). The van der Waals surface area contributed by atoms with E-state index >= 15 is 0 Å². The van der Waals surface area contributed by atoms with Gasteiger partial charge in [-0.3, -0.25) is 4.99 Å². The molecule has 0 radical (unpaired) electrons. The van der Waals surface area contributed by atoms with Crippen LogP contribution in [0.1, 0.15) is 25.3 Å². The molecule has 7 heteroatoms. The van der Waals surface area contributed by atoms with Gasteiger partial charge in [0.1, 0.15) is 5.82 Å². The summed E-state index contributed by atoms with van der Waals surface area (Å²) in [6.07, 6.45) is 1.81. The molecule has 0 spiro atoms. The summed E-state index contributed by atoms with van der Waals surface area (Å²) >= 11 is 0. The summed E-state index contributed by atoms with van der Waals surface area (Å²) in [6, 6.07) is 6.82. The van der Waals surface area contributed by atoms with Gasteiger partial charge >= 0.3 is 0 Å². The predicted molar refractivity (Wildman–Crippen MR) is 109 cm³/mol. The standard InChI is InChI=1S/C18H28FN3O2.HI/c1-3-23-13-10-21-17(20-2)22-14-18(8-11-24-12-9-18)15-4-6-16(19)7-5-15;/h4-7H,3,8-14H2,1-2H3,(H2,20,21,22);1H. The average Bonchev–Trinajstić information content (AvgIpc) is 2.62. The number of nitrogens with zero attached hydrogens (tertiary/aromatic N) is 1. The van der Waals surface area contributed by atoms with Crippen LogP contribution < -0.4 is 10.6 Å². The molecule has 0 aliphatic carbocycles. The fourth-order valence-electron chi connectivity index (χ4n) is 2.99. The number of ether oxygens (including phenoxy) is 2. The zero-order valence-electron chi connectivity index (χ0n) is 15.0. The van der Waals surface area contributed by atoms with Crippen molar-refractivity contribution in [2.75, 3.05) is 46.6 Å². The van der Waals surface area contributed by atoms with Gasteiger partial charge in [-0.2, -0.15) is 0 Å². The van der Waals surface area contributed by atoms with Gasteiger partial charge in [0.05, 0.1) is 6.61 Å². The van der Waals surface area contributed by atoms with Gasteiger partial charge < -0.3 is 20.1 Å². The molecule has 1 fully saturated rings. The Kier molecular flexibility index (Phi) is 10.3. The molecule has 0 atom stereocenters. The van der Waals surface area contributed by atoms with E-state index in [0.717, 1.165) is 44.1 Å². The van der Waals surface area contributed by atoms with Crippen molar-refractivity contribution < 1.29 is 13.9 Å². The topological polar surface area (TPSA) is 54.9 Å². The van der Waals surface area contributed by atoms with Crippen LogP contribution in [0.4, 0.5) is 4.39 Å². The van der Waals surface area contributed by atoms with Crippen molar-refractivity contribution in [2.45, 2.75) is 25.2 Å². The Morgan fingerprint density at radius 3 is 2.52 bits per heavy atom. The summed E-state index contributed by atoms with van der Waals surface area (Å²) < 4.78 is 24.1. The van der Waals surface area contributed by atoms with Crippen LogP contribution in [0.5, 0.6) is 0 Å². The minimum absolute atomic E-state index is 0.